The van der Waals surface area contributed by atoms with Crippen LogP contribution in [0.5, 0.6) is 0 Å². The van der Waals surface area contributed by atoms with Crippen molar-refractivity contribution in [1.29, 1.82) is 0 Å². The van der Waals surface area contributed by atoms with Crippen molar-refractivity contribution in [3.05, 3.63) is 47.2 Å². The van der Waals surface area contributed by atoms with Crippen LogP contribution in [0.1, 0.15) is 42.1 Å². The Kier molecular flexibility index (Phi) is 6.52. The van der Waals surface area contributed by atoms with Crippen LogP contribution in [-0.2, 0) is 16.0 Å². The molecule has 28 heavy (non-hydrogen) atoms. The van der Waals surface area contributed by atoms with Crippen molar-refractivity contribution in [1.82, 2.24) is 16.0 Å². The zero-order chi connectivity index (χ0) is 19.9. The molecule has 1 aromatic carbocycles. The highest BCUT2D eigenvalue weighted by Gasteiger charge is 2.31. The lowest BCUT2D eigenvalue weighted by Crippen LogP contribution is -2.52. The number of aliphatic imine (C=N–C) groups is 1. The van der Waals surface area contributed by atoms with E-state index in [1.807, 2.05) is 19.1 Å². The molecule has 0 bridgehead atoms. The van der Waals surface area contributed by atoms with E-state index >= 15 is 0 Å². The average Bonchev–Trinajstić information content (AvgIpc) is 3.09. The fraction of sp³-hybridized carbons (Fsp3) is 0.450. The van der Waals surface area contributed by atoms with Crippen molar-refractivity contribution in [3.63, 3.8) is 0 Å². The fourth-order valence-corrected chi connectivity index (χ4v) is 3.50. The van der Waals surface area contributed by atoms with Crippen LogP contribution < -0.4 is 21.7 Å². The van der Waals surface area contributed by atoms with Crippen molar-refractivity contribution in [2.24, 2.45) is 16.6 Å². The van der Waals surface area contributed by atoms with Gasteiger partial charge in [-0.05, 0) is 42.3 Å². The maximum atomic E-state index is 12.3. The molecule has 8 nitrogen and oxygen atoms in total. The average molecular weight is 385 g/mol. The molecule has 0 saturated carbocycles. The third-order valence-electron chi connectivity index (χ3n) is 5.07. The lowest BCUT2D eigenvalue weighted by molar-refractivity contribution is -0.134. The van der Waals surface area contributed by atoms with Crippen molar-refractivity contribution in [2.75, 3.05) is 6.54 Å². The Morgan fingerprint density at radius 2 is 2.18 bits per heavy atom. The minimum atomic E-state index is -0.592. The fourth-order valence-electron chi connectivity index (χ4n) is 3.50. The number of amides is 1. The second kappa shape index (κ2) is 9.25. The normalized spacial score (nSPS) is 21.3. The summed E-state index contributed by atoms with van der Waals surface area (Å²) in [5.74, 6) is 0.559. The Morgan fingerprint density at radius 3 is 2.89 bits per heavy atom. The number of hydrogen-bond donors (Lipinski definition) is 4. The smallest absolute Gasteiger partial charge is 0.295 e. The maximum Gasteiger partial charge on any atom is 0.295 e. The molecule has 8 heteroatoms. The van der Waals surface area contributed by atoms with Crippen LogP contribution >= 0.6 is 0 Å². The summed E-state index contributed by atoms with van der Waals surface area (Å²) in [4.78, 5) is 27.1. The molecule has 5 N–H and O–H groups in total. The number of carbonyl (C=O) groups excluding carboxylic acids is 2. The zero-order valence-electron chi connectivity index (χ0n) is 16.0. The molecule has 2 heterocycles. The molecule has 2 unspecified atom stereocenters. The number of carbonyl (C=O) groups is 2. The molecule has 0 aromatic heterocycles. The Balaban J connectivity index is 1.52. The van der Waals surface area contributed by atoms with Gasteiger partial charge in [0.15, 0.2) is 12.2 Å². The Bertz CT molecular complexity index is 760. The predicted octanol–water partition coefficient (Wildman–Crippen LogP) is 0.996. The first kappa shape index (κ1) is 19.7. The van der Waals surface area contributed by atoms with E-state index in [1.54, 1.807) is 12.1 Å². The van der Waals surface area contributed by atoms with E-state index in [1.165, 1.54) is 5.57 Å². The van der Waals surface area contributed by atoms with Crippen molar-refractivity contribution in [2.45, 2.75) is 45.0 Å². The molecule has 150 valence electrons. The molecule has 0 saturated heterocycles. The second-order valence-corrected chi connectivity index (χ2v) is 7.02. The SMILES string of the molecule is CCC[C@H](NC(=O)c1ccc(CCC2=CNC3NC(N)=NCC23)cc1)OC=O. The first-order valence-electron chi connectivity index (χ1n) is 9.61. The quantitative estimate of drug-likeness (QED) is 0.372. The third kappa shape index (κ3) is 4.82. The zero-order valence-corrected chi connectivity index (χ0v) is 16.0. The summed E-state index contributed by atoms with van der Waals surface area (Å²) >= 11 is 0. The van der Waals surface area contributed by atoms with Crippen LogP contribution in [0.4, 0.5) is 0 Å². The summed E-state index contributed by atoms with van der Waals surface area (Å²) < 4.78 is 4.90. The van der Waals surface area contributed by atoms with Gasteiger partial charge in [-0.1, -0.05) is 25.5 Å². The van der Waals surface area contributed by atoms with Crippen LogP contribution in [0, 0.1) is 5.92 Å². The first-order valence-corrected chi connectivity index (χ1v) is 9.61. The molecule has 0 fully saturated rings. The van der Waals surface area contributed by atoms with Gasteiger partial charge in [-0.15, -0.1) is 0 Å². The Morgan fingerprint density at radius 1 is 1.39 bits per heavy atom. The molecule has 3 rings (SSSR count). The monoisotopic (exact) mass is 385 g/mol. The molecule has 0 radical (unpaired) electrons. The molecule has 1 amide bonds. The molecule has 3 atom stereocenters. The number of fused-ring (bicyclic) bond motifs is 1. The van der Waals surface area contributed by atoms with E-state index in [-0.39, 0.29) is 12.1 Å². The van der Waals surface area contributed by atoms with E-state index in [0.717, 1.165) is 24.8 Å². The number of nitrogens with zero attached hydrogens (tertiary/aromatic N) is 1. The van der Waals surface area contributed by atoms with Gasteiger partial charge in [-0.25, -0.2) is 0 Å². The number of rotatable bonds is 9. The molecule has 0 aliphatic carbocycles. The van der Waals surface area contributed by atoms with E-state index in [9.17, 15) is 9.59 Å². The minimum Gasteiger partial charge on any atom is -0.444 e. The van der Waals surface area contributed by atoms with Crippen LogP contribution in [0.25, 0.3) is 0 Å². The number of ether oxygens (including phenoxy) is 1. The van der Waals surface area contributed by atoms with Crippen LogP contribution in [-0.4, -0.2) is 37.3 Å². The topological polar surface area (TPSA) is 118 Å². The van der Waals surface area contributed by atoms with Crippen molar-refractivity contribution in [3.8, 4) is 0 Å². The summed E-state index contributed by atoms with van der Waals surface area (Å²) in [5.41, 5.74) is 8.74. The Labute approximate surface area is 164 Å². The lowest BCUT2D eigenvalue weighted by atomic mass is 9.93. The number of benzene rings is 1. The minimum absolute atomic E-state index is 0.128. The van der Waals surface area contributed by atoms with Crippen LogP contribution in [0.2, 0.25) is 0 Å². The van der Waals surface area contributed by atoms with Gasteiger partial charge in [0.2, 0.25) is 0 Å². The van der Waals surface area contributed by atoms with E-state index < -0.39 is 6.23 Å². The molecule has 0 spiro atoms. The lowest BCUT2D eigenvalue weighted by Gasteiger charge is -2.27. The molecule has 1 aromatic rings. The highest BCUT2D eigenvalue weighted by atomic mass is 16.5. The van der Waals surface area contributed by atoms with Gasteiger partial charge in [0.25, 0.3) is 12.4 Å². The second-order valence-electron chi connectivity index (χ2n) is 7.02. The van der Waals surface area contributed by atoms with E-state index in [2.05, 4.69) is 27.1 Å². The number of aryl methyl sites for hydroxylation is 1. The van der Waals surface area contributed by atoms with Gasteiger partial charge in [-0.2, -0.15) is 0 Å². The number of guanidine groups is 1. The first-order chi connectivity index (χ1) is 13.6. The number of nitrogens with one attached hydrogen (secondary N) is 3. The standard InChI is InChI=1S/C20H27N5O3/c1-2-3-17(28-12-26)24-19(27)14-7-4-13(5-8-14)6-9-15-10-22-18-16(15)11-23-20(21)25-18/h4-5,7-8,10,12,16-18,22H,2-3,6,9,11H2,1H3,(H,24,27)(H3,21,23,25)/t16?,17-,18?/m1/s1. The van der Waals surface area contributed by atoms with Gasteiger partial charge in [0.1, 0.15) is 6.17 Å². The van der Waals surface area contributed by atoms with Gasteiger partial charge in [0.05, 0.1) is 6.54 Å². The maximum absolute atomic E-state index is 12.3. The largest absolute Gasteiger partial charge is 0.444 e. The van der Waals surface area contributed by atoms with Gasteiger partial charge in [-0.3, -0.25) is 14.6 Å². The van der Waals surface area contributed by atoms with Crippen molar-refractivity contribution >= 4 is 18.3 Å². The van der Waals surface area contributed by atoms with Gasteiger partial charge in [0, 0.05) is 17.9 Å². The highest BCUT2D eigenvalue weighted by molar-refractivity contribution is 5.94. The van der Waals surface area contributed by atoms with E-state index in [4.69, 9.17) is 10.5 Å². The molecular formula is C20H27N5O3. The summed E-state index contributed by atoms with van der Waals surface area (Å²) in [6.45, 7) is 3.02. The summed E-state index contributed by atoms with van der Waals surface area (Å²) in [7, 11) is 0. The summed E-state index contributed by atoms with van der Waals surface area (Å²) in [5, 5.41) is 9.19. The van der Waals surface area contributed by atoms with Crippen molar-refractivity contribution < 1.29 is 14.3 Å². The highest BCUT2D eigenvalue weighted by Crippen LogP contribution is 2.26. The summed E-state index contributed by atoms with van der Waals surface area (Å²) in [6.07, 6.45) is 4.77. The Hall–Kier alpha value is -3.03. The van der Waals surface area contributed by atoms with E-state index in [0.29, 0.717) is 36.9 Å². The number of nitrogens with two attached hydrogens (primary N) is 1. The van der Waals surface area contributed by atoms with Gasteiger partial charge < -0.3 is 26.4 Å². The third-order valence-corrected chi connectivity index (χ3v) is 5.07. The predicted molar refractivity (Wildman–Crippen MR) is 106 cm³/mol. The van der Waals surface area contributed by atoms with Gasteiger partial charge >= 0.3 is 0 Å². The van der Waals surface area contributed by atoms with Crippen LogP contribution in [0.15, 0.2) is 41.0 Å². The van der Waals surface area contributed by atoms with Crippen LogP contribution in [0.3, 0.4) is 0 Å². The molecule has 2 aliphatic heterocycles. The number of hydrogen-bond acceptors (Lipinski definition) is 7. The summed E-state index contributed by atoms with van der Waals surface area (Å²) in [6, 6.07) is 7.51. The molecule has 2 aliphatic rings. The molecular weight excluding hydrogens is 358 g/mol.